The molecule has 0 saturated heterocycles. The van der Waals surface area contributed by atoms with Gasteiger partial charge in [0.05, 0.1) is 12.7 Å². The van der Waals surface area contributed by atoms with Gasteiger partial charge in [-0.3, -0.25) is 9.59 Å². The van der Waals surface area contributed by atoms with Crippen LogP contribution in [0.15, 0.2) is 18.3 Å². The lowest BCUT2D eigenvalue weighted by molar-refractivity contribution is -0.141. The Kier molecular flexibility index (Phi) is 4.90. The zero-order valence-corrected chi connectivity index (χ0v) is 10.4. The van der Waals surface area contributed by atoms with Gasteiger partial charge >= 0.3 is 5.97 Å². The molecule has 0 atom stereocenters. The number of nitrogens with zero attached hydrogens (tertiary/aromatic N) is 2. The molecule has 0 spiro atoms. The number of hydrogen-bond donors (Lipinski definition) is 0. The Hall–Kier alpha value is -1.62. The van der Waals surface area contributed by atoms with Crippen molar-refractivity contribution in [2.24, 2.45) is 0 Å². The number of likely N-dealkylation sites (N-methyl/N-ethyl adjacent to an activating group) is 1. The lowest BCUT2D eigenvalue weighted by atomic mass is 10.2. The normalized spacial score (nSPS) is 9.82. The summed E-state index contributed by atoms with van der Waals surface area (Å²) in [6.07, 6.45) is 1.50. The highest BCUT2D eigenvalue weighted by Crippen LogP contribution is 2.14. The van der Waals surface area contributed by atoms with Crippen LogP contribution in [-0.4, -0.2) is 42.0 Å². The summed E-state index contributed by atoms with van der Waals surface area (Å²) in [4.78, 5) is 28.3. The molecular formula is C11H13ClN2O3. The number of methoxy groups -OCH3 is 1. The number of ether oxygens (including phenoxy) is 1. The van der Waals surface area contributed by atoms with Crippen LogP contribution in [0.4, 0.5) is 0 Å². The zero-order chi connectivity index (χ0) is 12.8. The number of amides is 1. The van der Waals surface area contributed by atoms with Crippen molar-refractivity contribution >= 4 is 23.5 Å². The summed E-state index contributed by atoms with van der Waals surface area (Å²) in [6, 6.07) is 3.18. The minimum atomic E-state index is -0.472. The molecule has 6 heteroatoms. The van der Waals surface area contributed by atoms with E-state index >= 15 is 0 Å². The fourth-order valence-electron chi connectivity index (χ4n) is 1.26. The fourth-order valence-corrected chi connectivity index (χ4v) is 1.46. The number of rotatable bonds is 4. The summed E-state index contributed by atoms with van der Waals surface area (Å²) in [6.45, 7) is 2.06. The molecule has 1 rings (SSSR count). The van der Waals surface area contributed by atoms with Crippen LogP contribution < -0.4 is 0 Å². The quantitative estimate of drug-likeness (QED) is 0.603. The molecule has 0 N–H and O–H groups in total. The number of carbonyl (C=O) groups is 2. The average molecular weight is 257 g/mol. The summed E-state index contributed by atoms with van der Waals surface area (Å²) in [5.74, 6) is -0.809. The first kappa shape index (κ1) is 13.4. The molecule has 0 aliphatic rings. The van der Waals surface area contributed by atoms with Crippen LogP contribution in [0.3, 0.4) is 0 Å². The number of esters is 1. The van der Waals surface area contributed by atoms with Crippen LogP contribution in [0.5, 0.6) is 0 Å². The van der Waals surface area contributed by atoms with E-state index in [0.29, 0.717) is 6.54 Å². The largest absolute Gasteiger partial charge is 0.468 e. The van der Waals surface area contributed by atoms with Gasteiger partial charge in [-0.1, -0.05) is 11.6 Å². The van der Waals surface area contributed by atoms with Crippen LogP contribution in [0.1, 0.15) is 17.3 Å². The van der Waals surface area contributed by atoms with E-state index in [-0.39, 0.29) is 23.2 Å². The van der Waals surface area contributed by atoms with Crippen molar-refractivity contribution in [1.82, 2.24) is 9.88 Å². The summed E-state index contributed by atoms with van der Waals surface area (Å²) in [5, 5.41) is 0.126. The maximum Gasteiger partial charge on any atom is 0.325 e. The zero-order valence-electron chi connectivity index (χ0n) is 9.64. The Balaban J connectivity index is 2.87. The summed E-state index contributed by atoms with van der Waals surface area (Å²) < 4.78 is 4.52. The molecule has 0 fully saturated rings. The van der Waals surface area contributed by atoms with Crippen molar-refractivity contribution in [2.45, 2.75) is 6.92 Å². The minimum Gasteiger partial charge on any atom is -0.468 e. The van der Waals surface area contributed by atoms with Gasteiger partial charge in [0.2, 0.25) is 0 Å². The number of aromatic nitrogens is 1. The smallest absolute Gasteiger partial charge is 0.325 e. The third kappa shape index (κ3) is 3.42. The third-order valence-electron chi connectivity index (χ3n) is 2.21. The average Bonchev–Trinajstić information content (AvgIpc) is 2.35. The van der Waals surface area contributed by atoms with Gasteiger partial charge in [0, 0.05) is 12.7 Å². The fraction of sp³-hybridized carbons (Fsp3) is 0.364. The first-order valence-electron chi connectivity index (χ1n) is 5.06. The van der Waals surface area contributed by atoms with Gasteiger partial charge in [0.25, 0.3) is 5.91 Å². The van der Waals surface area contributed by atoms with E-state index in [1.807, 2.05) is 0 Å². The van der Waals surface area contributed by atoms with Gasteiger partial charge in [-0.15, -0.1) is 0 Å². The highest BCUT2D eigenvalue weighted by molar-refractivity contribution is 6.32. The molecule has 5 nitrogen and oxygen atoms in total. The van der Waals surface area contributed by atoms with Crippen LogP contribution in [-0.2, 0) is 9.53 Å². The van der Waals surface area contributed by atoms with Gasteiger partial charge in [-0.25, -0.2) is 4.98 Å². The predicted molar refractivity (Wildman–Crippen MR) is 62.8 cm³/mol. The van der Waals surface area contributed by atoms with E-state index in [0.717, 1.165) is 0 Å². The predicted octanol–water partition coefficient (Wildman–Crippen LogP) is 1.37. The minimum absolute atomic E-state index is 0.100. The Morgan fingerprint density at radius 1 is 1.53 bits per heavy atom. The summed E-state index contributed by atoms with van der Waals surface area (Å²) >= 11 is 5.82. The van der Waals surface area contributed by atoms with Crippen molar-refractivity contribution in [1.29, 1.82) is 0 Å². The lowest BCUT2D eigenvalue weighted by Crippen LogP contribution is -2.36. The molecule has 1 aromatic rings. The molecule has 1 amide bonds. The van der Waals surface area contributed by atoms with Crippen molar-refractivity contribution in [3.63, 3.8) is 0 Å². The van der Waals surface area contributed by atoms with E-state index in [2.05, 4.69) is 9.72 Å². The van der Waals surface area contributed by atoms with E-state index in [1.54, 1.807) is 19.1 Å². The second-order valence-corrected chi connectivity index (χ2v) is 3.60. The van der Waals surface area contributed by atoms with E-state index in [9.17, 15) is 9.59 Å². The Morgan fingerprint density at radius 3 is 2.76 bits per heavy atom. The molecule has 0 radical (unpaired) electrons. The highest BCUT2D eigenvalue weighted by Gasteiger charge is 2.19. The van der Waals surface area contributed by atoms with E-state index in [1.165, 1.54) is 18.2 Å². The molecule has 1 aromatic heterocycles. The summed E-state index contributed by atoms with van der Waals surface area (Å²) in [5.41, 5.74) is 0.278. The number of carbonyl (C=O) groups excluding carboxylic acids is 2. The second-order valence-electron chi connectivity index (χ2n) is 3.24. The standard InChI is InChI=1S/C11H13ClN2O3/c1-3-14(7-9(15)17-2)11(16)8-5-4-6-13-10(8)12/h4-6H,3,7H2,1-2H3. The van der Waals surface area contributed by atoms with Crippen LogP contribution in [0, 0.1) is 0 Å². The SMILES string of the molecule is CCN(CC(=O)OC)C(=O)c1cccnc1Cl. The Labute approximate surface area is 104 Å². The van der Waals surface area contributed by atoms with Crippen LogP contribution in [0.2, 0.25) is 5.15 Å². The molecule has 0 aliphatic carbocycles. The van der Waals surface area contributed by atoms with Gasteiger partial charge < -0.3 is 9.64 Å². The Bertz CT molecular complexity index is 423. The monoisotopic (exact) mass is 256 g/mol. The van der Waals surface area contributed by atoms with Gasteiger partial charge in [-0.2, -0.15) is 0 Å². The Morgan fingerprint density at radius 2 is 2.24 bits per heavy atom. The van der Waals surface area contributed by atoms with Crippen molar-refractivity contribution in [2.75, 3.05) is 20.2 Å². The maximum absolute atomic E-state index is 12.0. The summed E-state index contributed by atoms with van der Waals surface area (Å²) in [7, 11) is 1.28. The third-order valence-corrected chi connectivity index (χ3v) is 2.51. The first-order valence-corrected chi connectivity index (χ1v) is 5.44. The van der Waals surface area contributed by atoms with Gasteiger partial charge in [0.15, 0.2) is 0 Å². The van der Waals surface area contributed by atoms with Gasteiger partial charge in [-0.05, 0) is 19.1 Å². The lowest BCUT2D eigenvalue weighted by Gasteiger charge is -2.19. The number of pyridine rings is 1. The molecular weight excluding hydrogens is 244 g/mol. The molecule has 0 bridgehead atoms. The highest BCUT2D eigenvalue weighted by atomic mass is 35.5. The molecule has 0 saturated carbocycles. The molecule has 0 aromatic carbocycles. The van der Waals surface area contributed by atoms with E-state index in [4.69, 9.17) is 11.6 Å². The molecule has 17 heavy (non-hydrogen) atoms. The van der Waals surface area contributed by atoms with Crippen LogP contribution >= 0.6 is 11.6 Å². The van der Waals surface area contributed by atoms with Crippen molar-refractivity contribution < 1.29 is 14.3 Å². The molecule has 0 unspecified atom stereocenters. The second kappa shape index (κ2) is 6.20. The number of hydrogen-bond acceptors (Lipinski definition) is 4. The first-order chi connectivity index (χ1) is 8.10. The van der Waals surface area contributed by atoms with Gasteiger partial charge in [0.1, 0.15) is 11.7 Å². The van der Waals surface area contributed by atoms with Crippen molar-refractivity contribution in [3.05, 3.63) is 29.0 Å². The van der Waals surface area contributed by atoms with Crippen LogP contribution in [0.25, 0.3) is 0 Å². The topological polar surface area (TPSA) is 59.5 Å². The number of halogens is 1. The maximum atomic E-state index is 12.0. The molecule has 92 valence electrons. The van der Waals surface area contributed by atoms with E-state index < -0.39 is 5.97 Å². The van der Waals surface area contributed by atoms with Crippen molar-refractivity contribution in [3.8, 4) is 0 Å². The molecule has 1 heterocycles. The molecule has 0 aliphatic heterocycles.